The largest absolute Gasteiger partial charge is 0.481 e. The van der Waals surface area contributed by atoms with E-state index in [1.54, 1.807) is 102 Å². The first-order chi connectivity index (χ1) is 59.8. The van der Waals surface area contributed by atoms with Gasteiger partial charge in [0.1, 0.15) is 84.6 Å². The minimum atomic E-state index is -2.00. The zero-order valence-electron chi connectivity index (χ0n) is 73.6. The number of hydrogen-bond acceptors (Lipinski definition) is 24. The molecule has 15 amide bonds. The van der Waals surface area contributed by atoms with Crippen LogP contribution in [0.3, 0.4) is 0 Å². The zero-order valence-corrected chi connectivity index (χ0v) is 73.6. The van der Waals surface area contributed by atoms with Crippen LogP contribution in [0.4, 0.5) is 0 Å². The van der Waals surface area contributed by atoms with Gasteiger partial charge in [-0.3, -0.25) is 87.5 Å². The number of guanidine groups is 2. The molecule has 0 aliphatic carbocycles. The van der Waals surface area contributed by atoms with Crippen molar-refractivity contribution < 1.29 is 107 Å². The van der Waals surface area contributed by atoms with Crippen molar-refractivity contribution in [3.8, 4) is 0 Å². The average Bonchev–Trinajstić information content (AvgIpc) is 0.849. The van der Waals surface area contributed by atoms with Gasteiger partial charge in [-0.15, -0.1) is 0 Å². The maximum Gasteiger partial charge on any atom is 0.326 e. The van der Waals surface area contributed by atoms with Crippen molar-refractivity contribution in [2.75, 3.05) is 39.5 Å². The number of aliphatic hydroxyl groups is 3. The Labute approximate surface area is 738 Å². The summed E-state index contributed by atoms with van der Waals surface area (Å²) in [6, 6.07) is -7.48. The van der Waals surface area contributed by atoms with Gasteiger partial charge in [-0.05, 0) is 132 Å². The van der Waals surface area contributed by atoms with Crippen LogP contribution >= 0.6 is 0 Å². The smallest absolute Gasteiger partial charge is 0.326 e. The molecule has 0 aromatic heterocycles. The maximum atomic E-state index is 14.9. The van der Waals surface area contributed by atoms with E-state index in [0.29, 0.717) is 11.1 Å². The zero-order chi connectivity index (χ0) is 95.7. The molecule has 45 nitrogen and oxygen atoms in total. The highest BCUT2D eigenvalue weighted by atomic mass is 16.4. The molecular formula is C82H135N23O22. The highest BCUT2D eigenvalue weighted by molar-refractivity contribution is 6.01. The third-order valence-electron chi connectivity index (χ3n) is 19.5. The summed E-state index contributed by atoms with van der Waals surface area (Å²) in [6.45, 7) is 11.9. The third-order valence-corrected chi connectivity index (χ3v) is 19.5. The number of nitrogens with two attached hydrogens (primary N) is 5. The Bertz CT molecular complexity index is 3960. The lowest BCUT2D eigenvalue weighted by atomic mass is 9.99. The lowest BCUT2D eigenvalue weighted by Gasteiger charge is -2.29. The fourth-order valence-electron chi connectivity index (χ4n) is 12.8. The van der Waals surface area contributed by atoms with Crippen LogP contribution in [0.25, 0.3) is 0 Å². The number of carboxylic acids is 2. The molecule has 0 unspecified atom stereocenters. The van der Waals surface area contributed by atoms with Crippen LogP contribution in [0.5, 0.6) is 0 Å². The van der Waals surface area contributed by atoms with Crippen molar-refractivity contribution in [3.05, 3.63) is 71.8 Å². The molecule has 15 atom stereocenters. The van der Waals surface area contributed by atoms with Crippen LogP contribution in [0.1, 0.15) is 170 Å². The van der Waals surface area contributed by atoms with Gasteiger partial charge in [0.2, 0.25) is 88.6 Å². The van der Waals surface area contributed by atoms with Crippen molar-refractivity contribution in [1.29, 1.82) is 10.8 Å². The molecule has 710 valence electrons. The molecule has 2 aromatic rings. The Hall–Kier alpha value is -12.2. The topological polar surface area (TPSA) is 762 Å². The predicted molar refractivity (Wildman–Crippen MR) is 464 cm³/mol. The number of benzene rings is 2. The fraction of sp³-hybridized carbons (Fsp3) is 0.622. The van der Waals surface area contributed by atoms with Gasteiger partial charge in [0.05, 0.1) is 25.9 Å². The van der Waals surface area contributed by atoms with Gasteiger partial charge in [0.15, 0.2) is 11.9 Å². The maximum absolute atomic E-state index is 14.9. The monoisotopic (exact) mass is 1790 g/mol. The lowest BCUT2D eigenvalue weighted by molar-refractivity contribution is -0.142. The quantitative estimate of drug-likeness (QED) is 0.0166. The van der Waals surface area contributed by atoms with Gasteiger partial charge in [-0.2, -0.15) is 0 Å². The summed E-state index contributed by atoms with van der Waals surface area (Å²) < 4.78 is 0. The molecule has 0 saturated heterocycles. The molecule has 0 bridgehead atoms. The van der Waals surface area contributed by atoms with Crippen LogP contribution in [0.15, 0.2) is 60.7 Å². The summed E-state index contributed by atoms with van der Waals surface area (Å²) in [7, 11) is 0. The van der Waals surface area contributed by atoms with Gasteiger partial charge >= 0.3 is 11.9 Å². The Kier molecular flexibility index (Phi) is 51.4. The van der Waals surface area contributed by atoms with Crippen molar-refractivity contribution >= 4 is 112 Å². The van der Waals surface area contributed by atoms with E-state index in [4.69, 9.17) is 39.5 Å². The Morgan fingerprint density at radius 3 is 0.921 bits per heavy atom. The number of amides is 15. The van der Waals surface area contributed by atoms with E-state index < -0.39 is 249 Å². The lowest BCUT2D eigenvalue weighted by Crippen LogP contribution is -2.62. The Morgan fingerprint density at radius 1 is 0.323 bits per heavy atom. The van der Waals surface area contributed by atoms with E-state index in [2.05, 4.69) is 85.1 Å². The van der Waals surface area contributed by atoms with Crippen LogP contribution < -0.4 is 114 Å². The molecule has 2 aromatic carbocycles. The SMILES string of the molecule is CC(C)C[C@H](NC(=O)[C@H](C)NC(=O)[C@H](CCCNC(=N)N)NC(=O)[C@H](CC(C)C)NC(=O)[C@H](CO)NC(=O)[C@H](CO)NC(=O)[C@H](CCC(N)=O)NC(=O)[C@H](CC(C)C)NC(=O)[C@H](Cc1ccccc1)NC(=O)[C@H](CCC(=O)O)NC(=O)[C@H](CCCCN)NC(=O)[C@H](Cc1ccccc1)NC(=O)[C@H](CO)NC(=O)[C@H](CCCNC(=N)N)NC(=O)[C@@H](N)CC(C)C)C(=O)O. The number of rotatable bonds is 62. The molecule has 0 fully saturated rings. The van der Waals surface area contributed by atoms with Crippen molar-refractivity contribution in [3.63, 3.8) is 0 Å². The van der Waals surface area contributed by atoms with E-state index >= 15 is 0 Å². The number of carbonyl (C=O) groups excluding carboxylic acids is 15. The van der Waals surface area contributed by atoms with Gasteiger partial charge in [0, 0.05) is 38.8 Å². The van der Waals surface area contributed by atoms with Crippen LogP contribution in [-0.4, -0.2) is 268 Å². The summed E-state index contributed by atoms with van der Waals surface area (Å²) in [5, 5.41) is 106. The van der Waals surface area contributed by atoms with Crippen LogP contribution in [0.2, 0.25) is 0 Å². The van der Waals surface area contributed by atoms with Gasteiger partial charge in [-0.1, -0.05) is 116 Å². The number of carboxylic acid groups (broad SMARTS) is 2. The second-order valence-corrected chi connectivity index (χ2v) is 32.6. The molecule has 0 heterocycles. The molecule has 45 heteroatoms. The molecule has 2 rings (SSSR count). The minimum Gasteiger partial charge on any atom is -0.481 e. The van der Waals surface area contributed by atoms with E-state index in [1.165, 1.54) is 6.92 Å². The van der Waals surface area contributed by atoms with E-state index in [-0.39, 0.29) is 127 Å². The van der Waals surface area contributed by atoms with Gasteiger partial charge < -0.3 is 139 Å². The molecule has 0 spiro atoms. The van der Waals surface area contributed by atoms with E-state index in [0.717, 1.165) is 0 Å². The number of carbonyl (C=O) groups is 17. The van der Waals surface area contributed by atoms with Crippen molar-refractivity contribution in [2.45, 2.75) is 262 Å². The fourth-order valence-corrected chi connectivity index (χ4v) is 12.8. The summed E-state index contributed by atoms with van der Waals surface area (Å²) in [6.07, 6.45) is -2.84. The first-order valence-corrected chi connectivity index (χ1v) is 42.3. The Morgan fingerprint density at radius 2 is 0.598 bits per heavy atom. The molecule has 33 N–H and O–H groups in total. The Balaban J connectivity index is 2.57. The molecule has 0 saturated carbocycles. The van der Waals surface area contributed by atoms with Gasteiger partial charge in [0.25, 0.3) is 0 Å². The first kappa shape index (κ1) is 111. The van der Waals surface area contributed by atoms with Gasteiger partial charge in [-0.25, -0.2) is 4.79 Å². The summed E-state index contributed by atoms with van der Waals surface area (Å²) >= 11 is 0. The number of aliphatic hydroxyl groups excluding tert-OH is 3. The molecular weight excluding hydrogens is 1660 g/mol. The summed E-state index contributed by atoms with van der Waals surface area (Å²) in [4.78, 5) is 235. The van der Waals surface area contributed by atoms with E-state index in [1.807, 2.05) is 13.8 Å². The minimum absolute atomic E-state index is 0.00672. The number of nitrogens with one attached hydrogen (secondary N) is 18. The molecule has 0 radical (unpaired) electrons. The van der Waals surface area contributed by atoms with Crippen LogP contribution in [-0.2, 0) is 94.3 Å². The number of hydrogen-bond donors (Lipinski definition) is 28. The molecule has 0 aliphatic rings. The third kappa shape index (κ3) is 44.5. The van der Waals surface area contributed by atoms with Crippen molar-refractivity contribution in [2.24, 2.45) is 52.3 Å². The number of unbranched alkanes of at least 4 members (excludes halogenated alkanes) is 1. The predicted octanol–water partition coefficient (Wildman–Crippen LogP) is -6.36. The number of aliphatic carboxylic acids is 2. The standard InChI is InChI=1S/C82H135N23O22/c1-43(2)34-50(84)67(113)93-53(26-19-33-91-82(88)89)70(116)103-61(40-106)78(124)101-58(38-48-20-12-10-13-21-48)75(121)94-51(24-16-17-31-83)69(115)96-55(28-30-65(110)111)71(117)100-59(39-49-22-14-11-15-23-49)76(122)98-56(35-44(3)4)74(120)97-54(27-29-64(85)109)72(118)104-63(42-108)79(125)105-62(41-107)77(123)99-57(36-45(5)6)73(119)95-52(25-18-32-90-81(86)87)68(114)92-47(9)66(112)102-60(80(126)127)37-46(7)8/h10-15,20-23,43-47,50-63,106-108H,16-19,24-42,83-84H2,1-9H3,(H2,85,109)(H,92,114)(H,93,113)(H,94,121)(H,95,119)(H,96,115)(H,97,120)(H,98,122)(H,99,123)(H,100,117)(H,101,124)(H,102,112)(H,103,116)(H,104,118)(H,105,125)(H,110,111)(H,126,127)(H4,86,87,90)(H4,88,89,91)/t47-,50-,51-,52-,53-,54-,55-,56-,57-,58-,59-,60-,61-,62-,63-/m0/s1. The summed E-state index contributed by atoms with van der Waals surface area (Å²) in [5.41, 5.74) is 29.2. The second-order valence-electron chi connectivity index (χ2n) is 32.6. The van der Waals surface area contributed by atoms with Crippen LogP contribution in [0, 0.1) is 34.5 Å². The highest BCUT2D eigenvalue weighted by Crippen LogP contribution is 2.16. The van der Waals surface area contributed by atoms with Crippen molar-refractivity contribution in [1.82, 2.24) is 85.1 Å². The number of primary amides is 1. The second kappa shape index (κ2) is 58.9. The average molecular weight is 1800 g/mol. The molecule has 0 aliphatic heterocycles. The summed E-state index contributed by atoms with van der Waals surface area (Å²) in [5.74, 6) is -20.0. The first-order valence-electron chi connectivity index (χ1n) is 42.3. The van der Waals surface area contributed by atoms with E-state index in [9.17, 15) is 107 Å². The highest BCUT2D eigenvalue weighted by Gasteiger charge is 2.39. The normalized spacial score (nSPS) is 14.7. The molecule has 127 heavy (non-hydrogen) atoms.